The molecule has 4 nitrogen and oxygen atoms in total. The molecule has 2 rings (SSSR count). The largest absolute Gasteiger partial charge is 0.273 e. The molecule has 7 heteroatoms. The van der Waals surface area contributed by atoms with Crippen LogP contribution in [0, 0.1) is 5.92 Å². The second-order valence-corrected chi connectivity index (χ2v) is 6.36. The third-order valence-electron chi connectivity index (χ3n) is 3.04. The number of hydrogen-bond acceptors (Lipinski definition) is 3. The lowest BCUT2D eigenvalue weighted by Gasteiger charge is -2.06. The molecule has 1 fully saturated rings. The summed E-state index contributed by atoms with van der Waals surface area (Å²) in [5, 5.41) is 1.12. The zero-order valence-electron chi connectivity index (χ0n) is 10.8. The Bertz CT molecular complexity index is 519. The van der Waals surface area contributed by atoms with Crippen LogP contribution in [-0.2, 0) is 9.59 Å². The molecule has 1 aromatic rings. The maximum atomic E-state index is 11.9. The quantitative estimate of drug-likeness (QED) is 0.833. The minimum Gasteiger partial charge on any atom is -0.273 e. The minimum atomic E-state index is -0.214. The number of nitrogens with one attached hydrogen (secondary N) is 2. The lowest BCUT2D eigenvalue weighted by atomic mass is 10.1. The molecule has 1 aromatic carbocycles. The molecule has 2 N–H and O–H groups in total. The Morgan fingerprint density at radius 2 is 1.90 bits per heavy atom. The number of thioether (sulfide) groups is 1. The van der Waals surface area contributed by atoms with E-state index in [1.807, 2.05) is 18.4 Å². The summed E-state index contributed by atoms with van der Waals surface area (Å²) in [5.41, 5.74) is 5.78. The Balaban J connectivity index is 1.87. The highest BCUT2D eigenvalue weighted by molar-refractivity contribution is 7.99. The number of carbonyl (C=O) groups is 2. The number of rotatable bonds is 4. The van der Waals surface area contributed by atoms with Crippen molar-refractivity contribution in [3.05, 3.63) is 33.8 Å². The summed E-state index contributed by atoms with van der Waals surface area (Å²) in [7, 11) is 0. The van der Waals surface area contributed by atoms with Gasteiger partial charge in [-0.25, -0.2) is 0 Å². The van der Waals surface area contributed by atoms with Crippen LogP contribution < -0.4 is 10.9 Å². The van der Waals surface area contributed by atoms with Crippen molar-refractivity contribution in [2.24, 2.45) is 5.92 Å². The molecule has 0 saturated heterocycles. The van der Waals surface area contributed by atoms with Gasteiger partial charge in [-0.3, -0.25) is 20.4 Å². The van der Waals surface area contributed by atoms with Crippen LogP contribution in [0.3, 0.4) is 0 Å². The van der Waals surface area contributed by atoms with Crippen LogP contribution in [0.25, 0.3) is 0 Å². The van der Waals surface area contributed by atoms with Crippen LogP contribution in [0.15, 0.2) is 18.2 Å². The number of halogens is 2. The van der Waals surface area contributed by atoms with Crippen LogP contribution in [0.4, 0.5) is 0 Å². The van der Waals surface area contributed by atoms with Crippen molar-refractivity contribution in [2.45, 2.75) is 12.3 Å². The molecule has 0 unspecified atom stereocenters. The molecular formula is C13H14Cl2N2O2S. The SMILES string of the molecule is CSCC(=O)NNC(=O)[C@@H]1C[C@@H]1c1cc(Cl)cc(Cl)c1. The maximum Gasteiger partial charge on any atom is 0.248 e. The standard InChI is InChI=1S/C13H14Cl2N2O2S/c1-20-6-12(18)16-17-13(19)11-5-10(11)7-2-8(14)4-9(15)3-7/h2-4,10-11H,5-6H2,1H3,(H,16,18)(H,17,19)/t10-,11-/m1/s1. The molecule has 0 heterocycles. The van der Waals surface area contributed by atoms with Gasteiger partial charge < -0.3 is 0 Å². The van der Waals surface area contributed by atoms with Gasteiger partial charge in [0.05, 0.1) is 5.75 Å². The van der Waals surface area contributed by atoms with E-state index < -0.39 is 0 Å². The topological polar surface area (TPSA) is 58.2 Å². The first-order valence-electron chi connectivity index (χ1n) is 6.05. The smallest absolute Gasteiger partial charge is 0.248 e. The molecule has 2 atom stereocenters. The van der Waals surface area contributed by atoms with Crippen molar-refractivity contribution in [1.82, 2.24) is 10.9 Å². The van der Waals surface area contributed by atoms with Gasteiger partial charge in [-0.05, 0) is 42.4 Å². The van der Waals surface area contributed by atoms with Crippen LogP contribution in [-0.4, -0.2) is 23.8 Å². The molecule has 0 spiro atoms. The summed E-state index contributed by atoms with van der Waals surface area (Å²) in [6.07, 6.45) is 2.56. The predicted molar refractivity (Wildman–Crippen MR) is 82.0 cm³/mol. The van der Waals surface area contributed by atoms with E-state index in [2.05, 4.69) is 10.9 Å². The molecule has 0 aliphatic heterocycles. The van der Waals surface area contributed by atoms with Gasteiger partial charge in [0, 0.05) is 16.0 Å². The van der Waals surface area contributed by atoms with E-state index in [4.69, 9.17) is 23.2 Å². The Morgan fingerprint density at radius 3 is 2.50 bits per heavy atom. The maximum absolute atomic E-state index is 11.9. The van der Waals surface area contributed by atoms with E-state index >= 15 is 0 Å². The van der Waals surface area contributed by atoms with Crippen LogP contribution in [0.1, 0.15) is 17.9 Å². The summed E-state index contributed by atoms with van der Waals surface area (Å²) in [6.45, 7) is 0. The molecule has 2 amide bonds. The van der Waals surface area contributed by atoms with Crippen molar-refractivity contribution in [3.63, 3.8) is 0 Å². The molecule has 1 saturated carbocycles. The average molecular weight is 333 g/mol. The average Bonchev–Trinajstić information content (AvgIpc) is 3.15. The molecule has 20 heavy (non-hydrogen) atoms. The molecule has 1 aliphatic rings. The fraction of sp³-hybridized carbons (Fsp3) is 0.385. The van der Waals surface area contributed by atoms with E-state index in [9.17, 15) is 9.59 Å². The van der Waals surface area contributed by atoms with Gasteiger partial charge in [0.1, 0.15) is 0 Å². The van der Waals surface area contributed by atoms with Crippen LogP contribution >= 0.6 is 35.0 Å². The van der Waals surface area contributed by atoms with Gasteiger partial charge in [0.2, 0.25) is 11.8 Å². The first-order chi connectivity index (χ1) is 9.51. The summed E-state index contributed by atoms with van der Waals surface area (Å²) in [4.78, 5) is 23.1. The third kappa shape index (κ3) is 4.04. The van der Waals surface area contributed by atoms with E-state index in [-0.39, 0.29) is 23.7 Å². The predicted octanol–water partition coefficient (Wildman–Crippen LogP) is 2.61. The first kappa shape index (κ1) is 15.5. The normalized spacial score (nSPS) is 20.4. The number of benzene rings is 1. The van der Waals surface area contributed by atoms with E-state index in [1.54, 1.807) is 6.07 Å². The number of amides is 2. The summed E-state index contributed by atoms with van der Waals surface area (Å²) in [5.74, 6) is -0.102. The van der Waals surface area contributed by atoms with Crippen molar-refractivity contribution < 1.29 is 9.59 Å². The zero-order chi connectivity index (χ0) is 14.7. The second kappa shape index (κ2) is 6.70. The fourth-order valence-corrected chi connectivity index (χ4v) is 2.91. The van der Waals surface area contributed by atoms with Gasteiger partial charge in [0.15, 0.2) is 0 Å². The molecular weight excluding hydrogens is 319 g/mol. The van der Waals surface area contributed by atoms with Gasteiger partial charge in [0.25, 0.3) is 0 Å². The lowest BCUT2D eigenvalue weighted by Crippen LogP contribution is -2.43. The molecule has 1 aliphatic carbocycles. The monoisotopic (exact) mass is 332 g/mol. The molecule has 0 aromatic heterocycles. The van der Waals surface area contributed by atoms with Crippen LogP contribution in [0.2, 0.25) is 10.0 Å². The Hall–Kier alpha value is -0.910. The Kier molecular flexibility index (Phi) is 5.18. The zero-order valence-corrected chi connectivity index (χ0v) is 13.1. The van der Waals surface area contributed by atoms with Crippen molar-refractivity contribution >= 4 is 46.8 Å². The molecule has 0 bridgehead atoms. The lowest BCUT2D eigenvalue weighted by molar-refractivity contribution is -0.128. The van der Waals surface area contributed by atoms with E-state index in [0.29, 0.717) is 15.8 Å². The van der Waals surface area contributed by atoms with Crippen molar-refractivity contribution in [2.75, 3.05) is 12.0 Å². The number of hydrazine groups is 1. The second-order valence-electron chi connectivity index (χ2n) is 4.62. The van der Waals surface area contributed by atoms with Crippen molar-refractivity contribution in [1.29, 1.82) is 0 Å². The number of carbonyl (C=O) groups excluding carboxylic acids is 2. The van der Waals surface area contributed by atoms with Crippen molar-refractivity contribution in [3.8, 4) is 0 Å². The minimum absolute atomic E-state index is 0.114. The third-order valence-corrected chi connectivity index (χ3v) is 4.03. The van der Waals surface area contributed by atoms with Gasteiger partial charge >= 0.3 is 0 Å². The molecule has 0 radical (unpaired) electrons. The highest BCUT2D eigenvalue weighted by Gasteiger charge is 2.44. The highest BCUT2D eigenvalue weighted by atomic mass is 35.5. The summed E-state index contributed by atoms with van der Waals surface area (Å²) in [6, 6.07) is 5.29. The van der Waals surface area contributed by atoms with Gasteiger partial charge in [-0.2, -0.15) is 11.8 Å². The summed E-state index contributed by atoms with van der Waals surface area (Å²) >= 11 is 13.3. The Labute approximate surface area is 131 Å². The van der Waals surface area contributed by atoms with Gasteiger partial charge in [-0.15, -0.1) is 0 Å². The highest BCUT2D eigenvalue weighted by Crippen LogP contribution is 2.48. The van der Waals surface area contributed by atoms with Gasteiger partial charge in [-0.1, -0.05) is 23.2 Å². The fourth-order valence-electron chi connectivity index (χ4n) is 2.03. The van der Waals surface area contributed by atoms with Crippen LogP contribution in [0.5, 0.6) is 0 Å². The first-order valence-corrected chi connectivity index (χ1v) is 8.20. The Morgan fingerprint density at radius 1 is 1.25 bits per heavy atom. The summed E-state index contributed by atoms with van der Waals surface area (Å²) < 4.78 is 0. The van der Waals surface area contributed by atoms with E-state index in [1.165, 1.54) is 11.8 Å². The number of hydrogen-bond donors (Lipinski definition) is 2. The van der Waals surface area contributed by atoms with E-state index in [0.717, 1.165) is 12.0 Å². The molecule has 108 valence electrons.